The average Bonchev–Trinajstić information content (AvgIpc) is 2.43. The van der Waals surface area contributed by atoms with Crippen LogP contribution >= 0.6 is 24.5 Å². The summed E-state index contributed by atoms with van der Waals surface area (Å²) in [6.45, 7) is 4.19. The topological polar surface area (TPSA) is 44.8 Å². The molecule has 113 valence electrons. The van der Waals surface area contributed by atoms with Gasteiger partial charge in [-0.05, 0) is 36.6 Å². The molecule has 0 N–H and O–H groups in total. The van der Waals surface area contributed by atoms with E-state index in [2.05, 4.69) is 29.8 Å². The Kier molecular flexibility index (Phi) is 9.65. The van der Waals surface area contributed by atoms with Gasteiger partial charge in [0.1, 0.15) is 11.3 Å². The van der Waals surface area contributed by atoms with Crippen molar-refractivity contribution in [2.45, 2.75) is 13.8 Å². The Morgan fingerprint density at radius 3 is 2.19 bits per heavy atom. The minimum Gasteiger partial charge on any atom is -0.495 e. The van der Waals surface area contributed by atoms with Gasteiger partial charge in [-0.3, -0.25) is 4.79 Å². The van der Waals surface area contributed by atoms with E-state index in [9.17, 15) is 4.79 Å². The number of carbonyl (C=O) groups is 1. The molecule has 1 aromatic rings. The van der Waals surface area contributed by atoms with E-state index in [1.807, 2.05) is 0 Å². The molecular weight excluding hydrogens is 350 g/mol. The zero-order valence-corrected chi connectivity index (χ0v) is 16.0. The first kappa shape index (κ1) is 20.8. The first-order valence-corrected chi connectivity index (χ1v) is 8.22. The van der Waals surface area contributed by atoms with Gasteiger partial charge < -0.3 is 14.2 Å². The molecule has 0 saturated heterocycles. The third-order valence-corrected chi connectivity index (χ3v) is 4.86. The quantitative estimate of drug-likeness (QED) is 0.544. The molecule has 1 atom stereocenters. The Bertz CT molecular complexity index is 494. The number of benzene rings is 1. The summed E-state index contributed by atoms with van der Waals surface area (Å²) < 4.78 is 16.6. The van der Waals surface area contributed by atoms with E-state index in [1.165, 1.54) is 14.2 Å². The molecular formula is C14H20BrLiO4P. The maximum Gasteiger partial charge on any atom is 0.188 e. The summed E-state index contributed by atoms with van der Waals surface area (Å²) in [7, 11) is 4.78. The van der Waals surface area contributed by atoms with Crippen LogP contribution < -0.4 is 14.2 Å². The Labute approximate surface area is 148 Å². The molecule has 0 aliphatic heterocycles. The molecule has 4 nitrogen and oxygen atoms in total. The number of hydrogen-bond donors (Lipinski definition) is 0. The van der Waals surface area contributed by atoms with E-state index < -0.39 is 0 Å². The van der Waals surface area contributed by atoms with Crippen molar-refractivity contribution >= 4 is 48.9 Å². The molecule has 0 heterocycles. The van der Waals surface area contributed by atoms with Crippen LogP contribution in [0.15, 0.2) is 10.5 Å². The molecule has 1 radical (unpaired) electrons. The van der Waals surface area contributed by atoms with Gasteiger partial charge in [0.2, 0.25) is 0 Å². The van der Waals surface area contributed by atoms with Gasteiger partial charge in [0.05, 0.1) is 25.8 Å². The van der Waals surface area contributed by atoms with Crippen molar-refractivity contribution in [1.29, 1.82) is 0 Å². The van der Waals surface area contributed by atoms with Crippen molar-refractivity contribution < 1.29 is 19.0 Å². The fraction of sp³-hybridized carbons (Fsp3) is 0.500. The van der Waals surface area contributed by atoms with Crippen LogP contribution in [-0.4, -0.2) is 51.9 Å². The van der Waals surface area contributed by atoms with Crippen LogP contribution in [0.2, 0.25) is 0 Å². The van der Waals surface area contributed by atoms with E-state index in [-0.39, 0.29) is 33.0 Å². The summed E-state index contributed by atoms with van der Waals surface area (Å²) in [5.74, 6) is 1.90. The maximum absolute atomic E-state index is 12.5. The second-order valence-corrected chi connectivity index (χ2v) is 6.68. The SMILES string of the molecule is COc1cc(Br)c(OC)c(C(=O)PCC(C)C)c1OC.[Li]. The standard InChI is InChI=1S/C14H20BrO4P.Li/c1-8(2)7-20-14(16)11-12(18-4)9(15)6-10(17-3)13(11)19-5;/h6,8,20H,7H2,1-5H3;. The Balaban J connectivity index is 0.00000400. The average molecular weight is 370 g/mol. The van der Waals surface area contributed by atoms with Gasteiger partial charge in [-0.15, -0.1) is 0 Å². The van der Waals surface area contributed by atoms with Gasteiger partial charge in [-0.1, -0.05) is 13.8 Å². The Hall–Kier alpha value is -0.203. The van der Waals surface area contributed by atoms with Gasteiger partial charge in [0, 0.05) is 24.9 Å². The molecule has 1 rings (SSSR count). The van der Waals surface area contributed by atoms with Crippen LogP contribution in [0, 0.1) is 5.92 Å². The zero-order valence-electron chi connectivity index (χ0n) is 13.4. The fourth-order valence-corrected chi connectivity index (χ4v) is 3.30. The van der Waals surface area contributed by atoms with Crippen molar-refractivity contribution in [3.8, 4) is 17.2 Å². The van der Waals surface area contributed by atoms with Gasteiger partial charge in [-0.2, -0.15) is 0 Å². The number of hydrogen-bond acceptors (Lipinski definition) is 4. The maximum atomic E-state index is 12.5. The minimum atomic E-state index is 0. The number of halogens is 1. The predicted molar refractivity (Wildman–Crippen MR) is 91.9 cm³/mol. The fourth-order valence-electron chi connectivity index (χ4n) is 1.74. The van der Waals surface area contributed by atoms with Gasteiger partial charge in [-0.25, -0.2) is 0 Å². The summed E-state index contributed by atoms with van der Waals surface area (Å²) in [6, 6.07) is 1.74. The Morgan fingerprint density at radius 2 is 1.76 bits per heavy atom. The van der Waals surface area contributed by atoms with Crippen LogP contribution in [-0.2, 0) is 0 Å². The zero-order chi connectivity index (χ0) is 15.3. The normalized spacial score (nSPS) is 10.6. The minimum absolute atomic E-state index is 0. The second kappa shape index (κ2) is 9.74. The van der Waals surface area contributed by atoms with E-state index in [1.54, 1.807) is 13.2 Å². The van der Waals surface area contributed by atoms with Crippen LogP contribution in [0.1, 0.15) is 24.2 Å². The van der Waals surface area contributed by atoms with Crippen molar-refractivity contribution in [3.05, 3.63) is 16.1 Å². The number of methoxy groups -OCH3 is 3. The summed E-state index contributed by atoms with van der Waals surface area (Å²) >= 11 is 3.40. The molecule has 0 amide bonds. The van der Waals surface area contributed by atoms with Crippen molar-refractivity contribution in [1.82, 2.24) is 0 Å². The second-order valence-electron chi connectivity index (χ2n) is 4.61. The van der Waals surface area contributed by atoms with Gasteiger partial charge in [0.25, 0.3) is 0 Å². The predicted octanol–water partition coefficient (Wildman–Crippen LogP) is 3.57. The molecule has 0 aromatic heterocycles. The summed E-state index contributed by atoms with van der Waals surface area (Å²) in [5.41, 5.74) is 0.465. The molecule has 21 heavy (non-hydrogen) atoms. The molecule has 1 unspecified atom stereocenters. The number of carbonyl (C=O) groups excluding carboxylic acids is 1. The van der Waals surface area contributed by atoms with E-state index in [4.69, 9.17) is 14.2 Å². The Morgan fingerprint density at radius 1 is 1.19 bits per heavy atom. The number of rotatable bonds is 7. The summed E-state index contributed by atoms with van der Waals surface area (Å²) in [5, 5.41) is 0. The molecule has 0 bridgehead atoms. The first-order chi connectivity index (χ1) is 9.46. The molecule has 0 aliphatic carbocycles. The van der Waals surface area contributed by atoms with Crippen LogP contribution in [0.4, 0.5) is 0 Å². The van der Waals surface area contributed by atoms with Gasteiger partial charge >= 0.3 is 0 Å². The van der Waals surface area contributed by atoms with Crippen molar-refractivity contribution in [3.63, 3.8) is 0 Å². The van der Waals surface area contributed by atoms with Crippen molar-refractivity contribution in [2.75, 3.05) is 27.5 Å². The number of ether oxygens (including phenoxy) is 3. The largest absolute Gasteiger partial charge is 0.495 e. The first-order valence-electron chi connectivity index (χ1n) is 6.22. The van der Waals surface area contributed by atoms with E-state index in [0.29, 0.717) is 33.2 Å². The summed E-state index contributed by atoms with van der Waals surface area (Å²) in [4.78, 5) is 12.5. The van der Waals surface area contributed by atoms with E-state index >= 15 is 0 Å². The molecule has 0 fully saturated rings. The third-order valence-electron chi connectivity index (χ3n) is 2.68. The summed E-state index contributed by atoms with van der Waals surface area (Å²) in [6.07, 6.45) is 0.847. The molecule has 7 heteroatoms. The smallest absolute Gasteiger partial charge is 0.188 e. The van der Waals surface area contributed by atoms with Crippen LogP contribution in [0.3, 0.4) is 0 Å². The molecule has 1 aromatic carbocycles. The van der Waals surface area contributed by atoms with Crippen molar-refractivity contribution in [2.24, 2.45) is 5.92 Å². The molecule has 0 saturated carbocycles. The van der Waals surface area contributed by atoms with E-state index in [0.717, 1.165) is 6.16 Å². The third kappa shape index (κ3) is 5.18. The van der Waals surface area contributed by atoms with Gasteiger partial charge in [0.15, 0.2) is 17.0 Å². The van der Waals surface area contributed by atoms with Crippen LogP contribution in [0.25, 0.3) is 0 Å². The monoisotopic (exact) mass is 369 g/mol. The molecule has 0 spiro atoms. The van der Waals surface area contributed by atoms with Crippen LogP contribution in [0.5, 0.6) is 17.2 Å². The molecule has 0 aliphatic rings.